The molecule has 276 valence electrons. The molecule has 0 aliphatic rings. The summed E-state index contributed by atoms with van der Waals surface area (Å²) in [5, 5.41) is 9.23. The molecule has 0 N–H and O–H groups in total. The average molecular weight is 754 g/mol. The van der Waals surface area contributed by atoms with E-state index in [4.69, 9.17) is 8.83 Å². The number of hydrogen-bond donors (Lipinski definition) is 0. The summed E-state index contributed by atoms with van der Waals surface area (Å²) in [6.45, 7) is 0. The predicted octanol–water partition coefficient (Wildman–Crippen LogP) is 16.3. The molecule has 0 fully saturated rings. The lowest BCUT2D eigenvalue weighted by Crippen LogP contribution is -2.10. The maximum atomic E-state index is 6.91. The summed E-state index contributed by atoms with van der Waals surface area (Å²) < 4.78 is 13.2. The monoisotopic (exact) mass is 753 g/mol. The van der Waals surface area contributed by atoms with Gasteiger partial charge in [-0.1, -0.05) is 158 Å². The third-order valence-electron chi connectivity index (χ3n) is 11.9. The van der Waals surface area contributed by atoms with Crippen LogP contribution in [0.3, 0.4) is 0 Å². The topological polar surface area (TPSA) is 29.5 Å². The number of fused-ring (bicyclic) bond motifs is 9. The highest BCUT2D eigenvalue weighted by Crippen LogP contribution is 2.45. The molecule has 0 amide bonds. The van der Waals surface area contributed by atoms with Gasteiger partial charge in [0.05, 0.1) is 5.69 Å². The smallest absolute Gasteiger partial charge is 0.159 e. The van der Waals surface area contributed by atoms with Crippen molar-refractivity contribution in [3.05, 3.63) is 212 Å². The number of hydrogen-bond acceptors (Lipinski definition) is 3. The van der Waals surface area contributed by atoms with Crippen molar-refractivity contribution in [1.82, 2.24) is 0 Å². The Morgan fingerprint density at radius 2 is 0.847 bits per heavy atom. The van der Waals surface area contributed by atoms with Crippen LogP contribution < -0.4 is 4.90 Å². The van der Waals surface area contributed by atoms with Crippen LogP contribution in [0.1, 0.15) is 0 Å². The zero-order valence-corrected chi connectivity index (χ0v) is 32.0. The zero-order valence-electron chi connectivity index (χ0n) is 32.0. The van der Waals surface area contributed by atoms with Crippen LogP contribution in [0.5, 0.6) is 0 Å². The Morgan fingerprint density at radius 3 is 1.63 bits per heavy atom. The van der Waals surface area contributed by atoms with Crippen molar-refractivity contribution in [3.8, 4) is 33.4 Å². The van der Waals surface area contributed by atoms with Gasteiger partial charge >= 0.3 is 0 Å². The van der Waals surface area contributed by atoms with Crippen molar-refractivity contribution in [2.75, 3.05) is 4.90 Å². The second kappa shape index (κ2) is 13.4. The molecule has 3 nitrogen and oxygen atoms in total. The standard InChI is InChI=1S/C56H35NO2/c1-2-11-42-35-43(24-23-36(42)9-1)39-21-19-37(20-22-39)38-25-30-44(31-26-38)57(51-16-7-15-48-49-34-29-40-10-3-4-12-47(40)55(49)59-56(48)51)45-32-27-41(28-33-45)46-14-8-18-53-54(46)50-13-5-6-17-52(50)58-53/h1-35H. The summed E-state index contributed by atoms with van der Waals surface area (Å²) in [7, 11) is 0. The molecule has 0 unspecified atom stereocenters. The third-order valence-corrected chi connectivity index (χ3v) is 11.9. The first-order valence-electron chi connectivity index (χ1n) is 20.1. The summed E-state index contributed by atoms with van der Waals surface area (Å²) in [5.41, 5.74) is 13.6. The molecule has 0 radical (unpaired) electrons. The Labute approximate surface area is 340 Å². The quantitative estimate of drug-likeness (QED) is 0.169. The highest BCUT2D eigenvalue weighted by Gasteiger charge is 2.21. The number of nitrogens with zero attached hydrogens (tertiary/aromatic N) is 1. The van der Waals surface area contributed by atoms with E-state index in [1.54, 1.807) is 0 Å². The summed E-state index contributed by atoms with van der Waals surface area (Å²) in [4.78, 5) is 2.32. The summed E-state index contributed by atoms with van der Waals surface area (Å²) in [5.74, 6) is 0. The Hall–Kier alpha value is -7.88. The van der Waals surface area contributed by atoms with E-state index in [-0.39, 0.29) is 0 Å². The SMILES string of the molecule is c1ccc2cc(-c3ccc(-c4ccc(N(c5ccc(-c6cccc7oc8ccccc8c67)cc5)c5cccc6c5oc5c7ccccc7ccc65)cc4)cc3)ccc2c1. The van der Waals surface area contributed by atoms with Crippen LogP contribution in [0.4, 0.5) is 17.1 Å². The Balaban J connectivity index is 0.964. The minimum absolute atomic E-state index is 0.853. The van der Waals surface area contributed by atoms with Gasteiger partial charge in [0.25, 0.3) is 0 Å². The summed E-state index contributed by atoms with van der Waals surface area (Å²) >= 11 is 0. The average Bonchev–Trinajstić information content (AvgIpc) is 3.89. The molecule has 0 aliphatic carbocycles. The normalized spacial score (nSPS) is 11.7. The van der Waals surface area contributed by atoms with Gasteiger partial charge in [0, 0.05) is 38.3 Å². The van der Waals surface area contributed by atoms with Gasteiger partial charge in [-0.05, 0) is 104 Å². The van der Waals surface area contributed by atoms with Crippen LogP contribution in [0, 0.1) is 0 Å². The van der Waals surface area contributed by atoms with Crippen LogP contribution in [0.25, 0.3) is 98.8 Å². The molecule has 0 spiro atoms. The fraction of sp³-hybridized carbons (Fsp3) is 0. The van der Waals surface area contributed by atoms with Crippen molar-refractivity contribution in [3.63, 3.8) is 0 Å². The van der Waals surface area contributed by atoms with Crippen molar-refractivity contribution in [2.24, 2.45) is 0 Å². The van der Waals surface area contributed by atoms with E-state index >= 15 is 0 Å². The van der Waals surface area contributed by atoms with E-state index in [1.807, 2.05) is 12.1 Å². The van der Waals surface area contributed by atoms with Gasteiger partial charge in [0.15, 0.2) is 5.58 Å². The van der Waals surface area contributed by atoms with Gasteiger partial charge in [-0.15, -0.1) is 0 Å². The molecule has 0 atom stereocenters. The molecular weight excluding hydrogens is 719 g/mol. The van der Waals surface area contributed by atoms with E-state index < -0.39 is 0 Å². The van der Waals surface area contributed by atoms with Gasteiger partial charge in [0.2, 0.25) is 0 Å². The second-order valence-corrected chi connectivity index (χ2v) is 15.3. The van der Waals surface area contributed by atoms with Crippen LogP contribution in [0.15, 0.2) is 221 Å². The predicted molar refractivity (Wildman–Crippen MR) is 247 cm³/mol. The number of anilines is 3. The number of furan rings is 2. The lowest BCUT2D eigenvalue weighted by atomic mass is 9.98. The Morgan fingerprint density at radius 1 is 0.305 bits per heavy atom. The highest BCUT2D eigenvalue weighted by molar-refractivity contribution is 6.18. The second-order valence-electron chi connectivity index (χ2n) is 15.3. The molecule has 3 heteroatoms. The van der Waals surface area contributed by atoms with Crippen LogP contribution in [-0.2, 0) is 0 Å². The van der Waals surface area contributed by atoms with Gasteiger partial charge in [-0.25, -0.2) is 0 Å². The fourth-order valence-corrected chi connectivity index (χ4v) is 8.95. The minimum Gasteiger partial charge on any atom is -0.456 e. The van der Waals surface area contributed by atoms with E-state index in [1.165, 1.54) is 27.5 Å². The molecular formula is C56H35NO2. The van der Waals surface area contributed by atoms with Crippen molar-refractivity contribution in [1.29, 1.82) is 0 Å². The first kappa shape index (κ1) is 33.3. The Kier molecular flexibility index (Phi) is 7.54. The van der Waals surface area contributed by atoms with Crippen molar-refractivity contribution in [2.45, 2.75) is 0 Å². The maximum absolute atomic E-state index is 6.91. The number of benzene rings is 10. The molecule has 0 saturated carbocycles. The van der Waals surface area contributed by atoms with E-state index in [0.717, 1.165) is 88.4 Å². The molecule has 2 heterocycles. The largest absolute Gasteiger partial charge is 0.456 e. The van der Waals surface area contributed by atoms with Crippen LogP contribution in [-0.4, -0.2) is 0 Å². The lowest BCUT2D eigenvalue weighted by molar-refractivity contribution is 0.669. The van der Waals surface area contributed by atoms with Crippen molar-refractivity contribution < 1.29 is 8.83 Å². The molecule has 0 aliphatic heterocycles. The zero-order chi connectivity index (χ0) is 38.9. The fourth-order valence-electron chi connectivity index (χ4n) is 8.95. The number of rotatable bonds is 6. The summed E-state index contributed by atoms with van der Waals surface area (Å²) in [6, 6.07) is 75.7. The molecule has 2 aromatic heterocycles. The van der Waals surface area contributed by atoms with Gasteiger partial charge in [-0.3, -0.25) is 0 Å². The lowest BCUT2D eigenvalue weighted by Gasteiger charge is -2.26. The molecule has 59 heavy (non-hydrogen) atoms. The van der Waals surface area contributed by atoms with Gasteiger partial charge in [0.1, 0.15) is 16.7 Å². The number of para-hydroxylation sites is 2. The van der Waals surface area contributed by atoms with E-state index in [0.29, 0.717) is 0 Å². The van der Waals surface area contributed by atoms with Crippen molar-refractivity contribution >= 4 is 82.5 Å². The van der Waals surface area contributed by atoms with Gasteiger partial charge in [-0.2, -0.15) is 0 Å². The first-order chi connectivity index (χ1) is 29.2. The Bertz CT molecular complexity index is 3540. The first-order valence-corrected chi connectivity index (χ1v) is 20.1. The van der Waals surface area contributed by atoms with Crippen LogP contribution in [0.2, 0.25) is 0 Å². The highest BCUT2D eigenvalue weighted by atomic mass is 16.3. The summed E-state index contributed by atoms with van der Waals surface area (Å²) in [6.07, 6.45) is 0. The van der Waals surface area contributed by atoms with E-state index in [9.17, 15) is 0 Å². The third kappa shape index (κ3) is 5.51. The van der Waals surface area contributed by atoms with Gasteiger partial charge < -0.3 is 13.7 Å². The minimum atomic E-state index is 0.853. The van der Waals surface area contributed by atoms with Crippen LogP contribution >= 0.6 is 0 Å². The molecule has 12 rings (SSSR count). The maximum Gasteiger partial charge on any atom is 0.159 e. The molecule has 0 bridgehead atoms. The van der Waals surface area contributed by atoms with E-state index in [2.05, 4.69) is 205 Å². The molecule has 0 saturated heterocycles. The molecule has 10 aromatic carbocycles. The molecule has 12 aromatic rings.